The Labute approximate surface area is 214 Å². The van der Waals surface area contributed by atoms with E-state index in [0.29, 0.717) is 11.3 Å². The van der Waals surface area contributed by atoms with Crippen molar-refractivity contribution in [2.45, 2.75) is 38.4 Å². The number of halogens is 1. The highest BCUT2D eigenvalue weighted by Crippen LogP contribution is 2.45. The molecule has 1 atom stereocenters. The van der Waals surface area contributed by atoms with Gasteiger partial charge in [-0.3, -0.25) is 10.1 Å². The Bertz CT molecular complexity index is 1360. The van der Waals surface area contributed by atoms with Crippen LogP contribution in [-0.4, -0.2) is 37.3 Å². The highest BCUT2D eigenvalue weighted by Gasteiger charge is 2.36. The molecule has 3 aromatic rings. The van der Waals surface area contributed by atoms with Gasteiger partial charge in [-0.15, -0.1) is 0 Å². The molecule has 0 bridgehead atoms. The van der Waals surface area contributed by atoms with Crippen LogP contribution in [-0.2, 0) is 11.3 Å². The van der Waals surface area contributed by atoms with E-state index in [9.17, 15) is 14.3 Å². The van der Waals surface area contributed by atoms with Crippen LogP contribution in [0.25, 0.3) is 17.2 Å². The molecule has 0 spiro atoms. The first-order valence-corrected chi connectivity index (χ1v) is 12.1. The Hall–Kier alpha value is -4.04. The molecule has 7 nitrogen and oxygen atoms in total. The van der Waals surface area contributed by atoms with Gasteiger partial charge < -0.3 is 24.3 Å². The maximum absolute atomic E-state index is 14.5. The molecule has 0 radical (unpaired) electrons. The van der Waals surface area contributed by atoms with Crippen LogP contribution in [0.3, 0.4) is 0 Å². The molecule has 1 aromatic heterocycles. The first kappa shape index (κ1) is 24.6. The van der Waals surface area contributed by atoms with E-state index in [1.165, 1.54) is 26.4 Å². The van der Waals surface area contributed by atoms with Crippen molar-refractivity contribution in [3.63, 3.8) is 0 Å². The number of ether oxygens (including phenoxy) is 2. The number of amides is 1. The van der Waals surface area contributed by atoms with E-state index in [2.05, 4.69) is 10.6 Å². The number of phenols is 1. The Morgan fingerprint density at radius 1 is 1.16 bits per heavy atom. The van der Waals surface area contributed by atoms with Crippen molar-refractivity contribution < 1.29 is 28.2 Å². The molecule has 1 saturated carbocycles. The van der Waals surface area contributed by atoms with Gasteiger partial charge in [-0.05, 0) is 95.6 Å². The van der Waals surface area contributed by atoms with Crippen molar-refractivity contribution in [1.29, 1.82) is 0 Å². The third-order valence-electron chi connectivity index (χ3n) is 6.73. The first-order valence-electron chi connectivity index (χ1n) is 12.1. The fourth-order valence-electron chi connectivity index (χ4n) is 4.71. The molecule has 2 aliphatic carbocycles. The predicted octanol–water partition coefficient (Wildman–Crippen LogP) is 4.91. The van der Waals surface area contributed by atoms with Crippen molar-refractivity contribution in [3.05, 3.63) is 82.6 Å². The minimum Gasteiger partial charge on any atom is -0.502 e. The number of phenolic OH excluding ortho intramolecular Hbond substituents is 1. The third-order valence-corrected chi connectivity index (χ3v) is 6.73. The monoisotopic (exact) mass is 504 g/mol. The number of rotatable bonds is 9. The summed E-state index contributed by atoms with van der Waals surface area (Å²) in [7, 11) is 2.94. The van der Waals surface area contributed by atoms with E-state index in [-0.39, 0.29) is 41.6 Å². The van der Waals surface area contributed by atoms with E-state index in [1.807, 2.05) is 13.0 Å². The number of furan rings is 1. The molecule has 5 rings (SSSR count). The van der Waals surface area contributed by atoms with Crippen LogP contribution in [0.2, 0.25) is 0 Å². The van der Waals surface area contributed by atoms with Crippen molar-refractivity contribution in [3.8, 4) is 17.2 Å². The smallest absolute Gasteiger partial charge is 0.242 e. The lowest BCUT2D eigenvalue weighted by Crippen LogP contribution is -2.45. The molecular weight excluding hydrogens is 475 g/mol. The lowest BCUT2D eigenvalue weighted by atomic mass is 9.97. The van der Waals surface area contributed by atoms with Crippen LogP contribution in [0.4, 0.5) is 4.39 Å². The van der Waals surface area contributed by atoms with E-state index in [4.69, 9.17) is 13.9 Å². The number of carbonyl (C=O) groups is 1. The minimum atomic E-state index is -0.669. The summed E-state index contributed by atoms with van der Waals surface area (Å²) >= 11 is 0. The molecule has 37 heavy (non-hydrogen) atoms. The van der Waals surface area contributed by atoms with E-state index < -0.39 is 6.04 Å². The molecule has 1 unspecified atom stereocenters. The Morgan fingerprint density at radius 3 is 2.51 bits per heavy atom. The summed E-state index contributed by atoms with van der Waals surface area (Å²) in [5, 5.41) is 16.7. The molecule has 8 heteroatoms. The van der Waals surface area contributed by atoms with Gasteiger partial charge in [0.15, 0.2) is 11.5 Å². The lowest BCUT2D eigenvalue weighted by Gasteiger charge is -2.21. The van der Waals surface area contributed by atoms with Gasteiger partial charge in [-0.2, -0.15) is 0 Å². The number of fused-ring (bicyclic) bond motifs is 1. The third kappa shape index (κ3) is 4.97. The van der Waals surface area contributed by atoms with Crippen molar-refractivity contribution >= 4 is 23.1 Å². The molecule has 2 aromatic carbocycles. The largest absolute Gasteiger partial charge is 0.502 e. The molecule has 2 aliphatic rings. The average Bonchev–Trinajstić information content (AvgIpc) is 3.48. The van der Waals surface area contributed by atoms with Crippen LogP contribution in [0.5, 0.6) is 17.2 Å². The summed E-state index contributed by atoms with van der Waals surface area (Å²) in [5.74, 6) is 0.530. The van der Waals surface area contributed by atoms with Gasteiger partial charge in [0, 0.05) is 6.04 Å². The van der Waals surface area contributed by atoms with Gasteiger partial charge in [0.05, 0.1) is 27.0 Å². The normalized spacial score (nSPS) is 16.6. The first-order chi connectivity index (χ1) is 17.9. The fourth-order valence-corrected chi connectivity index (χ4v) is 4.71. The summed E-state index contributed by atoms with van der Waals surface area (Å²) in [5.41, 5.74) is 4.67. The van der Waals surface area contributed by atoms with Gasteiger partial charge in [0.1, 0.15) is 17.6 Å². The standard InChI is InChI=1S/C29H29FN2O5/c1-16-22(11-17-12-24(35-2)28(33)25(13-17)36-3)21-9-6-18(30)14-23(21)26(16)27(32-19-7-8-19)29(34)31-15-20-5-4-10-37-20/h4-6,9-14,19,27,32-33H,7-8,15H2,1-3H3,(H,31,34). The summed E-state index contributed by atoms with van der Waals surface area (Å²) < 4.78 is 30.5. The number of aromatic hydroxyl groups is 1. The SMILES string of the molecule is COc1cc(C=C2C(C)=C(C(NC3CC3)C(=O)NCc3ccco3)c3cc(F)ccc32)cc(OC)c1O. The molecule has 1 fully saturated rings. The van der Waals surface area contributed by atoms with E-state index in [0.717, 1.165) is 40.7 Å². The second kappa shape index (κ2) is 10.1. The maximum Gasteiger partial charge on any atom is 0.242 e. The molecule has 192 valence electrons. The topological polar surface area (TPSA) is 93.0 Å². The summed E-state index contributed by atoms with van der Waals surface area (Å²) in [6, 6.07) is 11.2. The van der Waals surface area contributed by atoms with Crippen molar-refractivity contribution in [2.75, 3.05) is 14.2 Å². The zero-order chi connectivity index (χ0) is 26.1. The Morgan fingerprint density at radius 2 is 1.89 bits per heavy atom. The van der Waals surface area contributed by atoms with Gasteiger partial charge in [-0.25, -0.2) is 4.39 Å². The van der Waals surface area contributed by atoms with Gasteiger partial charge >= 0.3 is 0 Å². The van der Waals surface area contributed by atoms with Crippen molar-refractivity contribution in [2.24, 2.45) is 0 Å². The zero-order valence-electron chi connectivity index (χ0n) is 20.9. The van der Waals surface area contributed by atoms with E-state index in [1.54, 1.807) is 36.6 Å². The van der Waals surface area contributed by atoms with Gasteiger partial charge in [-0.1, -0.05) is 6.07 Å². The second-order valence-corrected chi connectivity index (χ2v) is 9.23. The highest BCUT2D eigenvalue weighted by atomic mass is 19.1. The van der Waals surface area contributed by atoms with Crippen LogP contribution < -0.4 is 20.1 Å². The lowest BCUT2D eigenvalue weighted by molar-refractivity contribution is -0.122. The number of hydrogen-bond donors (Lipinski definition) is 3. The highest BCUT2D eigenvalue weighted by molar-refractivity contribution is 6.11. The van der Waals surface area contributed by atoms with Crippen LogP contribution in [0.15, 0.2) is 58.7 Å². The molecular formula is C29H29FN2O5. The number of carbonyl (C=O) groups excluding carboxylic acids is 1. The zero-order valence-corrected chi connectivity index (χ0v) is 20.9. The second-order valence-electron chi connectivity index (χ2n) is 9.23. The summed E-state index contributed by atoms with van der Waals surface area (Å²) in [6.45, 7) is 2.20. The van der Waals surface area contributed by atoms with Crippen LogP contribution in [0, 0.1) is 5.82 Å². The quantitative estimate of drug-likeness (QED) is 0.384. The van der Waals surface area contributed by atoms with Gasteiger partial charge in [0.25, 0.3) is 0 Å². The number of allylic oxidation sites excluding steroid dienone is 2. The maximum atomic E-state index is 14.5. The number of benzene rings is 2. The average molecular weight is 505 g/mol. The van der Waals surface area contributed by atoms with E-state index >= 15 is 0 Å². The van der Waals surface area contributed by atoms with Crippen LogP contribution in [0.1, 0.15) is 42.2 Å². The predicted molar refractivity (Wildman–Crippen MR) is 139 cm³/mol. The minimum absolute atomic E-state index is 0.0871. The number of methoxy groups -OCH3 is 2. The fraction of sp³-hybridized carbons (Fsp3) is 0.276. The molecule has 1 amide bonds. The summed E-state index contributed by atoms with van der Waals surface area (Å²) in [4.78, 5) is 13.5. The molecule has 0 aliphatic heterocycles. The molecule has 0 saturated heterocycles. The van der Waals surface area contributed by atoms with Crippen LogP contribution >= 0.6 is 0 Å². The van der Waals surface area contributed by atoms with Crippen molar-refractivity contribution in [1.82, 2.24) is 10.6 Å². The van der Waals surface area contributed by atoms with Gasteiger partial charge in [0.2, 0.25) is 11.7 Å². The Kier molecular flexibility index (Phi) is 6.76. The number of hydrogen-bond acceptors (Lipinski definition) is 6. The molecule has 1 heterocycles. The molecule has 3 N–H and O–H groups in total. The number of nitrogens with one attached hydrogen (secondary N) is 2. The Balaban J connectivity index is 1.58. The summed E-state index contributed by atoms with van der Waals surface area (Å²) in [6.07, 6.45) is 5.47.